The summed E-state index contributed by atoms with van der Waals surface area (Å²) < 4.78 is 38.3. The van der Waals surface area contributed by atoms with Crippen molar-refractivity contribution in [3.63, 3.8) is 0 Å². The Hall–Kier alpha value is -1.14. The maximum atomic E-state index is 12.8. The SMILES string of the molecule is CN1CC[C@@H](CNC2CCC(C(F)(F)F)CC2)[C@@H]1c1cccnc1. The molecule has 2 heterocycles. The average molecular weight is 341 g/mol. The van der Waals surface area contributed by atoms with Crippen LogP contribution in [0, 0.1) is 11.8 Å². The van der Waals surface area contributed by atoms with Gasteiger partial charge in [-0.2, -0.15) is 13.2 Å². The Bertz CT molecular complexity index is 512. The third-order valence-electron chi connectivity index (χ3n) is 5.66. The van der Waals surface area contributed by atoms with E-state index >= 15 is 0 Å². The first kappa shape index (κ1) is 17.7. The Labute approximate surface area is 141 Å². The molecule has 0 radical (unpaired) electrons. The van der Waals surface area contributed by atoms with Crippen molar-refractivity contribution in [2.45, 2.75) is 50.4 Å². The third kappa shape index (κ3) is 4.09. The molecule has 3 nitrogen and oxygen atoms in total. The molecule has 1 aliphatic carbocycles. The van der Waals surface area contributed by atoms with Gasteiger partial charge in [0.15, 0.2) is 0 Å². The molecule has 1 aromatic rings. The Balaban J connectivity index is 1.51. The van der Waals surface area contributed by atoms with Crippen LogP contribution >= 0.6 is 0 Å². The van der Waals surface area contributed by atoms with Crippen LogP contribution in [-0.2, 0) is 0 Å². The predicted octanol–water partition coefficient (Wildman–Crippen LogP) is 3.79. The fraction of sp³-hybridized carbons (Fsp3) is 0.722. The highest BCUT2D eigenvalue weighted by Gasteiger charge is 2.41. The second-order valence-electron chi connectivity index (χ2n) is 7.26. The van der Waals surface area contributed by atoms with E-state index in [4.69, 9.17) is 0 Å². The zero-order chi connectivity index (χ0) is 17.2. The van der Waals surface area contributed by atoms with E-state index in [9.17, 15) is 13.2 Å². The predicted molar refractivity (Wildman–Crippen MR) is 87.5 cm³/mol. The van der Waals surface area contributed by atoms with Crippen LogP contribution in [0.15, 0.2) is 24.5 Å². The van der Waals surface area contributed by atoms with E-state index in [1.54, 1.807) is 6.20 Å². The van der Waals surface area contributed by atoms with Gasteiger partial charge in [0, 0.05) is 31.0 Å². The van der Waals surface area contributed by atoms with E-state index in [1.807, 2.05) is 12.3 Å². The minimum Gasteiger partial charge on any atom is -0.314 e. The maximum Gasteiger partial charge on any atom is 0.391 e. The van der Waals surface area contributed by atoms with Gasteiger partial charge in [-0.05, 0) is 63.2 Å². The van der Waals surface area contributed by atoms with Crippen molar-refractivity contribution in [2.75, 3.05) is 20.1 Å². The monoisotopic (exact) mass is 341 g/mol. The molecular formula is C18H26F3N3. The molecule has 1 N–H and O–H groups in total. The first-order valence-corrected chi connectivity index (χ1v) is 8.85. The van der Waals surface area contributed by atoms with Crippen molar-refractivity contribution in [1.82, 2.24) is 15.2 Å². The van der Waals surface area contributed by atoms with E-state index in [2.05, 4.69) is 28.3 Å². The molecule has 0 spiro atoms. The Morgan fingerprint density at radius 2 is 1.96 bits per heavy atom. The van der Waals surface area contributed by atoms with Crippen LogP contribution in [0.3, 0.4) is 0 Å². The maximum absolute atomic E-state index is 12.8. The zero-order valence-corrected chi connectivity index (χ0v) is 14.1. The number of hydrogen-bond acceptors (Lipinski definition) is 3. The summed E-state index contributed by atoms with van der Waals surface area (Å²) >= 11 is 0. The zero-order valence-electron chi connectivity index (χ0n) is 14.1. The summed E-state index contributed by atoms with van der Waals surface area (Å²) in [5.41, 5.74) is 1.23. The average Bonchev–Trinajstić information content (AvgIpc) is 2.94. The van der Waals surface area contributed by atoms with Crippen LogP contribution in [0.5, 0.6) is 0 Å². The summed E-state index contributed by atoms with van der Waals surface area (Å²) in [5, 5.41) is 3.54. The number of pyridine rings is 1. The minimum absolute atomic E-state index is 0.226. The molecule has 2 fully saturated rings. The van der Waals surface area contributed by atoms with Crippen LogP contribution in [0.2, 0.25) is 0 Å². The number of hydrogen-bond donors (Lipinski definition) is 1. The molecule has 1 aromatic heterocycles. The van der Waals surface area contributed by atoms with Gasteiger partial charge in [0.1, 0.15) is 0 Å². The van der Waals surface area contributed by atoms with Gasteiger partial charge in [0.05, 0.1) is 5.92 Å². The first-order chi connectivity index (χ1) is 11.4. The molecule has 0 amide bonds. The van der Waals surface area contributed by atoms with Gasteiger partial charge in [0.25, 0.3) is 0 Å². The van der Waals surface area contributed by atoms with E-state index in [0.717, 1.165) is 19.5 Å². The van der Waals surface area contributed by atoms with Gasteiger partial charge >= 0.3 is 6.18 Å². The van der Waals surface area contributed by atoms with Gasteiger partial charge < -0.3 is 5.32 Å². The third-order valence-corrected chi connectivity index (χ3v) is 5.66. The van der Waals surface area contributed by atoms with Crippen LogP contribution in [0.4, 0.5) is 13.2 Å². The van der Waals surface area contributed by atoms with Gasteiger partial charge in [-0.15, -0.1) is 0 Å². The molecular weight excluding hydrogens is 315 g/mol. The highest BCUT2D eigenvalue weighted by molar-refractivity contribution is 5.17. The lowest BCUT2D eigenvalue weighted by atomic mass is 9.85. The second-order valence-corrected chi connectivity index (χ2v) is 7.26. The van der Waals surface area contributed by atoms with Crippen LogP contribution in [0.1, 0.15) is 43.7 Å². The van der Waals surface area contributed by atoms with Crippen LogP contribution < -0.4 is 5.32 Å². The molecule has 0 unspecified atom stereocenters. The summed E-state index contributed by atoms with van der Waals surface area (Å²) in [5.74, 6) is -0.615. The standard InChI is InChI=1S/C18H26F3N3/c1-24-10-8-14(17(24)13-3-2-9-22-11-13)12-23-16-6-4-15(5-7-16)18(19,20)21/h2-3,9,11,14-17,23H,4-8,10,12H2,1H3/t14-,15?,16?,17-/m0/s1. The first-order valence-electron chi connectivity index (χ1n) is 8.85. The summed E-state index contributed by atoms with van der Waals surface area (Å²) in [6, 6.07) is 4.65. The molecule has 2 aliphatic rings. The molecule has 1 saturated heterocycles. The number of halogens is 3. The number of rotatable bonds is 4. The van der Waals surface area contributed by atoms with Gasteiger partial charge in [0.2, 0.25) is 0 Å². The Kier molecular flexibility index (Phi) is 5.45. The highest BCUT2D eigenvalue weighted by Crippen LogP contribution is 2.38. The van der Waals surface area contributed by atoms with Crippen LogP contribution in [-0.4, -0.2) is 42.2 Å². The number of nitrogens with zero attached hydrogens (tertiary/aromatic N) is 2. The largest absolute Gasteiger partial charge is 0.391 e. The fourth-order valence-corrected chi connectivity index (χ4v) is 4.26. The molecule has 2 atom stereocenters. The van der Waals surface area contributed by atoms with E-state index in [0.29, 0.717) is 24.8 Å². The van der Waals surface area contributed by atoms with Crippen molar-refractivity contribution < 1.29 is 13.2 Å². The summed E-state index contributed by atoms with van der Waals surface area (Å²) in [6.07, 6.45) is 2.58. The van der Waals surface area contributed by atoms with Crippen molar-refractivity contribution in [1.29, 1.82) is 0 Å². The minimum atomic E-state index is -4.02. The van der Waals surface area contributed by atoms with Crippen molar-refractivity contribution in [3.8, 4) is 0 Å². The lowest BCUT2D eigenvalue weighted by molar-refractivity contribution is -0.182. The van der Waals surface area contributed by atoms with E-state index in [1.165, 1.54) is 5.56 Å². The van der Waals surface area contributed by atoms with E-state index in [-0.39, 0.29) is 18.9 Å². The molecule has 3 rings (SSSR count). The van der Waals surface area contributed by atoms with Crippen molar-refractivity contribution in [3.05, 3.63) is 30.1 Å². The van der Waals surface area contributed by atoms with Gasteiger partial charge in [-0.3, -0.25) is 9.88 Å². The number of aromatic nitrogens is 1. The summed E-state index contributed by atoms with van der Waals surface area (Å²) in [4.78, 5) is 6.58. The summed E-state index contributed by atoms with van der Waals surface area (Å²) in [7, 11) is 2.13. The van der Waals surface area contributed by atoms with E-state index < -0.39 is 12.1 Å². The van der Waals surface area contributed by atoms with Crippen molar-refractivity contribution >= 4 is 0 Å². The molecule has 134 valence electrons. The second kappa shape index (κ2) is 7.40. The topological polar surface area (TPSA) is 28.2 Å². The molecule has 1 saturated carbocycles. The Morgan fingerprint density at radius 1 is 1.21 bits per heavy atom. The quantitative estimate of drug-likeness (QED) is 0.903. The fourth-order valence-electron chi connectivity index (χ4n) is 4.26. The van der Waals surface area contributed by atoms with Gasteiger partial charge in [-0.25, -0.2) is 0 Å². The Morgan fingerprint density at radius 3 is 2.58 bits per heavy atom. The van der Waals surface area contributed by atoms with Gasteiger partial charge in [-0.1, -0.05) is 6.07 Å². The number of alkyl halides is 3. The molecule has 6 heteroatoms. The number of nitrogens with one attached hydrogen (secondary N) is 1. The molecule has 0 aromatic carbocycles. The molecule has 1 aliphatic heterocycles. The molecule has 24 heavy (non-hydrogen) atoms. The smallest absolute Gasteiger partial charge is 0.314 e. The normalized spacial score (nSPS) is 32.2. The highest BCUT2D eigenvalue weighted by atomic mass is 19.4. The van der Waals surface area contributed by atoms with Crippen LogP contribution in [0.25, 0.3) is 0 Å². The number of likely N-dealkylation sites (tertiary alicyclic amines) is 1. The lowest BCUT2D eigenvalue weighted by Crippen LogP contribution is -2.39. The molecule has 0 bridgehead atoms. The lowest BCUT2D eigenvalue weighted by Gasteiger charge is -2.32. The summed E-state index contributed by atoms with van der Waals surface area (Å²) in [6.45, 7) is 1.91. The van der Waals surface area contributed by atoms with Crippen molar-refractivity contribution in [2.24, 2.45) is 11.8 Å².